The molecule has 0 saturated carbocycles. The highest BCUT2D eigenvalue weighted by Gasteiger charge is 2.10. The summed E-state index contributed by atoms with van der Waals surface area (Å²) in [5.41, 5.74) is 4.57. The van der Waals surface area contributed by atoms with Gasteiger partial charge in [0.25, 0.3) is 0 Å². The molecule has 1 rings (SSSR count). The first-order valence-electron chi connectivity index (χ1n) is 7.04. The van der Waals surface area contributed by atoms with Crippen LogP contribution in [-0.2, 0) is 6.42 Å². The van der Waals surface area contributed by atoms with E-state index in [0.29, 0.717) is 11.8 Å². The lowest BCUT2D eigenvalue weighted by molar-refractivity contribution is 0.586. The first-order chi connectivity index (χ1) is 7.91. The maximum absolute atomic E-state index is 2.43. The second-order valence-corrected chi connectivity index (χ2v) is 6.21. The fourth-order valence-corrected chi connectivity index (χ4v) is 2.26. The molecule has 0 aromatic heterocycles. The minimum absolute atomic E-state index is 0.631. The van der Waals surface area contributed by atoms with E-state index in [0.717, 1.165) is 5.92 Å². The van der Waals surface area contributed by atoms with Crippen molar-refractivity contribution in [3.63, 3.8) is 0 Å². The van der Waals surface area contributed by atoms with E-state index in [2.05, 4.69) is 59.7 Å². The van der Waals surface area contributed by atoms with Crippen molar-refractivity contribution in [2.75, 3.05) is 0 Å². The number of hydrogen-bond acceptors (Lipinski definition) is 0. The van der Waals surface area contributed by atoms with Gasteiger partial charge in [0.1, 0.15) is 0 Å². The van der Waals surface area contributed by atoms with Crippen LogP contribution in [0.5, 0.6) is 0 Å². The fourth-order valence-electron chi connectivity index (χ4n) is 2.26. The molecule has 0 bridgehead atoms. The number of aryl methyl sites for hydroxylation is 1. The van der Waals surface area contributed by atoms with E-state index >= 15 is 0 Å². The van der Waals surface area contributed by atoms with Crippen LogP contribution in [0.15, 0.2) is 18.2 Å². The van der Waals surface area contributed by atoms with Crippen molar-refractivity contribution in [3.05, 3.63) is 34.9 Å². The average molecular weight is 232 g/mol. The quantitative estimate of drug-likeness (QED) is 0.627. The summed E-state index contributed by atoms with van der Waals surface area (Å²) in [6, 6.07) is 7.10. The van der Waals surface area contributed by atoms with E-state index in [9.17, 15) is 0 Å². The largest absolute Gasteiger partial charge is 0.0628 e. The van der Waals surface area contributed by atoms with E-state index in [1.54, 1.807) is 5.56 Å². The van der Waals surface area contributed by atoms with Crippen LogP contribution in [0.2, 0.25) is 0 Å². The van der Waals surface area contributed by atoms with Crippen molar-refractivity contribution in [1.82, 2.24) is 0 Å². The number of rotatable bonds is 5. The second-order valence-electron chi connectivity index (χ2n) is 6.21. The van der Waals surface area contributed by atoms with Crippen molar-refractivity contribution in [2.45, 2.75) is 66.2 Å². The lowest BCUT2D eigenvalue weighted by atomic mass is 9.88. The Hall–Kier alpha value is -0.780. The van der Waals surface area contributed by atoms with Gasteiger partial charge < -0.3 is 0 Å². The molecule has 0 aliphatic carbocycles. The third kappa shape index (κ3) is 4.18. The molecule has 0 nitrogen and oxygen atoms in total. The number of hydrogen-bond donors (Lipinski definition) is 0. The first-order valence-corrected chi connectivity index (χ1v) is 7.04. The Kier molecular flexibility index (Phi) is 5.24. The molecular formula is C17H28. The topological polar surface area (TPSA) is 0 Å². The molecule has 0 amide bonds. The summed E-state index contributed by atoms with van der Waals surface area (Å²) >= 11 is 0. The van der Waals surface area contributed by atoms with Crippen LogP contribution in [0.4, 0.5) is 0 Å². The Balaban J connectivity index is 2.93. The predicted molar refractivity (Wildman–Crippen MR) is 77.8 cm³/mol. The molecule has 0 N–H and O–H groups in total. The molecule has 0 saturated heterocycles. The molecule has 0 spiro atoms. The van der Waals surface area contributed by atoms with E-state index in [1.165, 1.54) is 24.0 Å². The highest BCUT2D eigenvalue weighted by Crippen LogP contribution is 2.27. The molecule has 17 heavy (non-hydrogen) atoms. The van der Waals surface area contributed by atoms with E-state index in [4.69, 9.17) is 0 Å². The van der Waals surface area contributed by atoms with Gasteiger partial charge in [-0.1, -0.05) is 59.7 Å². The zero-order chi connectivity index (χ0) is 13.0. The van der Waals surface area contributed by atoms with Gasteiger partial charge >= 0.3 is 0 Å². The van der Waals surface area contributed by atoms with Gasteiger partial charge in [0.2, 0.25) is 0 Å². The Labute approximate surface area is 107 Å². The third-order valence-corrected chi connectivity index (χ3v) is 3.41. The Bertz CT molecular complexity index is 345. The van der Waals surface area contributed by atoms with E-state index < -0.39 is 0 Å². The highest BCUT2D eigenvalue weighted by atomic mass is 14.2. The zero-order valence-corrected chi connectivity index (χ0v) is 12.4. The molecule has 0 aliphatic rings. The average Bonchev–Trinajstić information content (AvgIpc) is 2.25. The molecule has 96 valence electrons. The Morgan fingerprint density at radius 2 is 1.41 bits per heavy atom. The van der Waals surface area contributed by atoms with Gasteiger partial charge in [0.15, 0.2) is 0 Å². The first kappa shape index (κ1) is 14.3. The normalized spacial score (nSPS) is 11.8. The molecular weight excluding hydrogens is 204 g/mol. The third-order valence-electron chi connectivity index (χ3n) is 3.41. The SMILES string of the molecule is CC(C)CCc1ccc(C(C)C)c(C(C)C)c1. The predicted octanol–water partition coefficient (Wildman–Crippen LogP) is 5.52. The molecule has 0 unspecified atom stereocenters. The van der Waals surface area contributed by atoms with Crippen molar-refractivity contribution in [3.8, 4) is 0 Å². The maximum Gasteiger partial charge on any atom is -0.0216 e. The summed E-state index contributed by atoms with van der Waals surface area (Å²) in [5, 5.41) is 0. The summed E-state index contributed by atoms with van der Waals surface area (Å²) in [5.74, 6) is 2.06. The number of benzene rings is 1. The lowest BCUT2D eigenvalue weighted by Crippen LogP contribution is -2.01. The second kappa shape index (κ2) is 6.23. The van der Waals surface area contributed by atoms with Crippen molar-refractivity contribution >= 4 is 0 Å². The van der Waals surface area contributed by atoms with Gasteiger partial charge in [-0.3, -0.25) is 0 Å². The van der Waals surface area contributed by atoms with Crippen LogP contribution >= 0.6 is 0 Å². The summed E-state index contributed by atoms with van der Waals surface area (Å²) in [4.78, 5) is 0. The van der Waals surface area contributed by atoms with Gasteiger partial charge in [-0.05, 0) is 47.3 Å². The molecule has 0 aliphatic heterocycles. The van der Waals surface area contributed by atoms with Gasteiger partial charge in [0.05, 0.1) is 0 Å². The molecule has 0 heterocycles. The Morgan fingerprint density at radius 3 is 1.88 bits per heavy atom. The molecule has 0 heteroatoms. The smallest absolute Gasteiger partial charge is 0.0216 e. The standard InChI is InChI=1S/C17H28/c1-12(2)7-8-15-9-10-16(13(3)4)17(11-15)14(5)6/h9-14H,7-8H2,1-6H3. The van der Waals surface area contributed by atoms with Crippen LogP contribution in [-0.4, -0.2) is 0 Å². The van der Waals surface area contributed by atoms with E-state index in [1.807, 2.05) is 0 Å². The molecule has 0 fully saturated rings. The zero-order valence-electron chi connectivity index (χ0n) is 12.4. The minimum Gasteiger partial charge on any atom is -0.0628 e. The van der Waals surface area contributed by atoms with E-state index in [-0.39, 0.29) is 0 Å². The van der Waals surface area contributed by atoms with Gasteiger partial charge in [0, 0.05) is 0 Å². The van der Waals surface area contributed by atoms with Crippen LogP contribution in [0.25, 0.3) is 0 Å². The highest BCUT2D eigenvalue weighted by molar-refractivity contribution is 5.36. The van der Waals surface area contributed by atoms with Crippen LogP contribution in [0.1, 0.15) is 76.5 Å². The molecule has 0 radical (unpaired) electrons. The van der Waals surface area contributed by atoms with Gasteiger partial charge in [-0.15, -0.1) is 0 Å². The summed E-state index contributed by atoms with van der Waals surface area (Å²) in [6.45, 7) is 13.8. The van der Waals surface area contributed by atoms with Crippen molar-refractivity contribution in [2.24, 2.45) is 5.92 Å². The van der Waals surface area contributed by atoms with Crippen molar-refractivity contribution in [1.29, 1.82) is 0 Å². The fraction of sp³-hybridized carbons (Fsp3) is 0.647. The molecule has 0 atom stereocenters. The summed E-state index contributed by atoms with van der Waals surface area (Å²) in [6.07, 6.45) is 2.51. The summed E-state index contributed by atoms with van der Waals surface area (Å²) < 4.78 is 0. The molecule has 1 aromatic carbocycles. The molecule has 1 aromatic rings. The monoisotopic (exact) mass is 232 g/mol. The van der Waals surface area contributed by atoms with Crippen molar-refractivity contribution < 1.29 is 0 Å². The lowest BCUT2D eigenvalue weighted by Gasteiger charge is -2.17. The minimum atomic E-state index is 0.631. The van der Waals surface area contributed by atoms with Crippen LogP contribution in [0, 0.1) is 5.92 Å². The Morgan fingerprint density at radius 1 is 0.824 bits per heavy atom. The maximum atomic E-state index is 2.43. The summed E-state index contributed by atoms with van der Waals surface area (Å²) in [7, 11) is 0. The van der Waals surface area contributed by atoms with Gasteiger partial charge in [-0.2, -0.15) is 0 Å². The van der Waals surface area contributed by atoms with Crippen LogP contribution < -0.4 is 0 Å². The van der Waals surface area contributed by atoms with Crippen LogP contribution in [0.3, 0.4) is 0 Å². The van der Waals surface area contributed by atoms with Gasteiger partial charge in [-0.25, -0.2) is 0 Å².